The Morgan fingerprint density at radius 2 is 1.87 bits per heavy atom. The first-order chi connectivity index (χ1) is 14.8. The molecule has 1 N–H and O–H groups in total. The maximum absolute atomic E-state index is 13.1. The Kier molecular flexibility index (Phi) is 6.47. The number of barbiturate groups is 1. The number of carbonyl (C=O) groups excluding carboxylic acids is 3. The van der Waals surface area contributed by atoms with Gasteiger partial charge in [0.15, 0.2) is 11.5 Å². The van der Waals surface area contributed by atoms with Crippen molar-refractivity contribution in [3.63, 3.8) is 0 Å². The lowest BCUT2D eigenvalue weighted by Crippen LogP contribution is -2.54. The van der Waals surface area contributed by atoms with Gasteiger partial charge in [0.1, 0.15) is 12.2 Å². The monoisotopic (exact) mass is 482 g/mol. The molecule has 0 saturated carbocycles. The smallest absolute Gasteiger partial charge is 0.335 e. The van der Waals surface area contributed by atoms with E-state index in [1.54, 1.807) is 30.3 Å². The third kappa shape index (κ3) is 4.47. The van der Waals surface area contributed by atoms with Gasteiger partial charge >= 0.3 is 6.03 Å². The van der Waals surface area contributed by atoms with Crippen LogP contribution in [-0.4, -0.2) is 31.6 Å². The maximum Gasteiger partial charge on any atom is 0.335 e. The molecule has 1 saturated heterocycles. The zero-order valence-corrected chi connectivity index (χ0v) is 18.7. The number of aryl methyl sites for hydroxylation is 2. The Morgan fingerprint density at radius 1 is 1.13 bits per heavy atom. The fourth-order valence-electron chi connectivity index (χ4n) is 2.97. The Balaban J connectivity index is 2.04. The van der Waals surface area contributed by atoms with Gasteiger partial charge in [0, 0.05) is 4.47 Å². The molecule has 0 bridgehead atoms. The number of nitrogens with one attached hydrogen (secondary N) is 1. The second kappa shape index (κ2) is 9.06. The molecule has 7 nitrogen and oxygen atoms in total. The van der Waals surface area contributed by atoms with Crippen LogP contribution in [-0.2, 0) is 9.59 Å². The number of hydrogen-bond donors (Lipinski definition) is 1. The third-order valence-corrected chi connectivity index (χ3v) is 5.43. The van der Waals surface area contributed by atoms with Gasteiger partial charge in [-0.3, -0.25) is 14.9 Å². The van der Waals surface area contributed by atoms with Crippen molar-refractivity contribution in [2.75, 3.05) is 18.6 Å². The van der Waals surface area contributed by atoms with Gasteiger partial charge in [0.2, 0.25) is 0 Å². The lowest BCUT2D eigenvalue weighted by atomic mass is 10.0. The number of nitrogens with zero attached hydrogens (tertiary/aromatic N) is 1. The van der Waals surface area contributed by atoms with Crippen LogP contribution in [0.25, 0.3) is 6.08 Å². The average molecular weight is 483 g/mol. The van der Waals surface area contributed by atoms with Gasteiger partial charge in [0.05, 0.1) is 12.8 Å². The van der Waals surface area contributed by atoms with E-state index in [1.165, 1.54) is 13.2 Å². The van der Waals surface area contributed by atoms with Crippen LogP contribution in [0, 0.1) is 26.2 Å². The number of ether oxygens (including phenoxy) is 2. The lowest BCUT2D eigenvalue weighted by Gasteiger charge is -2.27. The molecule has 0 atom stereocenters. The molecule has 1 aliphatic heterocycles. The van der Waals surface area contributed by atoms with Crippen LogP contribution in [0.4, 0.5) is 10.5 Å². The fourth-order valence-corrected chi connectivity index (χ4v) is 3.40. The number of hydrogen-bond acceptors (Lipinski definition) is 5. The standard InChI is InChI=1S/C23H19BrN2O5/c1-5-8-31-20-12-18(24)15(11-19(20)30-4)10-17-21(27)25-23(29)26(22(17)28)16-7-6-13(2)14(3)9-16/h1,6-7,9-12H,8H2,2-4H3,(H,25,27,29)/b17-10+. The van der Waals surface area contributed by atoms with Crippen molar-refractivity contribution in [1.29, 1.82) is 0 Å². The molecule has 1 heterocycles. The van der Waals surface area contributed by atoms with E-state index in [-0.39, 0.29) is 12.2 Å². The highest BCUT2D eigenvalue weighted by Crippen LogP contribution is 2.35. The summed E-state index contributed by atoms with van der Waals surface area (Å²) in [6.07, 6.45) is 6.61. The van der Waals surface area contributed by atoms with Crippen molar-refractivity contribution in [1.82, 2.24) is 5.32 Å². The van der Waals surface area contributed by atoms with Crippen molar-refractivity contribution in [2.24, 2.45) is 0 Å². The summed E-state index contributed by atoms with van der Waals surface area (Å²) in [5.41, 5.74) is 2.59. The van der Waals surface area contributed by atoms with Gasteiger partial charge in [-0.25, -0.2) is 9.69 Å². The minimum absolute atomic E-state index is 0.0527. The first kappa shape index (κ1) is 22.1. The van der Waals surface area contributed by atoms with Gasteiger partial charge in [-0.15, -0.1) is 6.42 Å². The predicted molar refractivity (Wildman–Crippen MR) is 120 cm³/mol. The molecule has 1 fully saturated rings. The molecule has 0 unspecified atom stereocenters. The van der Waals surface area contributed by atoms with Crippen LogP contribution in [0.2, 0.25) is 0 Å². The molecular weight excluding hydrogens is 464 g/mol. The van der Waals surface area contributed by atoms with Crippen molar-refractivity contribution in [3.05, 3.63) is 57.1 Å². The number of benzene rings is 2. The van der Waals surface area contributed by atoms with Crippen molar-refractivity contribution < 1.29 is 23.9 Å². The maximum atomic E-state index is 13.1. The first-order valence-corrected chi connectivity index (χ1v) is 9.98. The zero-order chi connectivity index (χ0) is 22.7. The minimum atomic E-state index is -0.801. The van der Waals surface area contributed by atoms with Crippen molar-refractivity contribution >= 4 is 45.5 Å². The molecule has 0 spiro atoms. The Morgan fingerprint density at radius 3 is 2.52 bits per heavy atom. The van der Waals surface area contributed by atoms with Gasteiger partial charge in [0.25, 0.3) is 11.8 Å². The van der Waals surface area contributed by atoms with E-state index in [0.717, 1.165) is 16.0 Å². The molecule has 8 heteroatoms. The summed E-state index contributed by atoms with van der Waals surface area (Å²) in [6, 6.07) is 7.60. The molecule has 158 valence electrons. The second-order valence-corrected chi connectivity index (χ2v) is 7.60. The molecule has 0 aromatic heterocycles. The van der Waals surface area contributed by atoms with Gasteiger partial charge < -0.3 is 9.47 Å². The number of anilines is 1. The number of halogens is 1. The summed E-state index contributed by atoms with van der Waals surface area (Å²) in [6.45, 7) is 3.85. The van der Waals surface area contributed by atoms with Crippen LogP contribution in [0.1, 0.15) is 16.7 Å². The predicted octanol–water partition coefficient (Wildman–Crippen LogP) is 3.75. The topological polar surface area (TPSA) is 84.9 Å². The Bertz CT molecular complexity index is 1160. The summed E-state index contributed by atoms with van der Waals surface area (Å²) in [5, 5.41) is 2.22. The summed E-state index contributed by atoms with van der Waals surface area (Å²) in [5.74, 6) is 1.64. The van der Waals surface area contributed by atoms with E-state index in [0.29, 0.717) is 27.2 Å². The summed E-state index contributed by atoms with van der Waals surface area (Å²) in [4.78, 5) is 38.9. The Labute approximate surface area is 188 Å². The highest BCUT2D eigenvalue weighted by atomic mass is 79.9. The number of urea groups is 1. The summed E-state index contributed by atoms with van der Waals surface area (Å²) in [7, 11) is 1.46. The third-order valence-electron chi connectivity index (χ3n) is 4.74. The fraction of sp³-hybridized carbons (Fsp3) is 0.174. The van der Waals surface area contributed by atoms with Crippen LogP contribution in [0.15, 0.2) is 40.4 Å². The van der Waals surface area contributed by atoms with Crippen molar-refractivity contribution in [3.8, 4) is 23.8 Å². The molecule has 1 aliphatic rings. The van der Waals surface area contributed by atoms with Gasteiger partial charge in [-0.2, -0.15) is 0 Å². The number of terminal acetylenes is 1. The van der Waals surface area contributed by atoms with E-state index in [2.05, 4.69) is 27.2 Å². The molecule has 2 aromatic carbocycles. The largest absolute Gasteiger partial charge is 0.493 e. The van der Waals surface area contributed by atoms with Crippen LogP contribution in [0.3, 0.4) is 0 Å². The molecule has 0 radical (unpaired) electrons. The number of rotatable bonds is 5. The molecule has 0 aliphatic carbocycles. The van der Waals surface area contributed by atoms with E-state index in [9.17, 15) is 14.4 Å². The summed E-state index contributed by atoms with van der Waals surface area (Å²) < 4.78 is 11.3. The van der Waals surface area contributed by atoms with E-state index in [4.69, 9.17) is 15.9 Å². The van der Waals surface area contributed by atoms with Gasteiger partial charge in [-0.1, -0.05) is 27.9 Å². The van der Waals surface area contributed by atoms with Crippen LogP contribution < -0.4 is 19.7 Å². The quantitative estimate of drug-likeness (QED) is 0.398. The van der Waals surface area contributed by atoms with Gasteiger partial charge in [-0.05, 0) is 60.9 Å². The van der Waals surface area contributed by atoms with Crippen molar-refractivity contribution in [2.45, 2.75) is 13.8 Å². The highest BCUT2D eigenvalue weighted by Gasteiger charge is 2.37. The molecule has 2 aromatic rings. The minimum Gasteiger partial charge on any atom is -0.493 e. The first-order valence-electron chi connectivity index (χ1n) is 9.19. The normalized spacial score (nSPS) is 15.0. The molecule has 4 amide bonds. The number of amides is 4. The molecular formula is C23H19BrN2O5. The zero-order valence-electron chi connectivity index (χ0n) is 17.1. The molecule has 31 heavy (non-hydrogen) atoms. The second-order valence-electron chi connectivity index (χ2n) is 6.74. The SMILES string of the molecule is C#CCOc1cc(Br)c(/C=C2\C(=O)NC(=O)N(c3ccc(C)c(C)c3)C2=O)cc1OC. The number of imide groups is 2. The van der Waals surface area contributed by atoms with E-state index < -0.39 is 17.8 Å². The number of methoxy groups -OCH3 is 1. The Hall–Kier alpha value is -3.57. The van der Waals surface area contributed by atoms with Crippen LogP contribution in [0.5, 0.6) is 11.5 Å². The number of carbonyl (C=O) groups is 3. The average Bonchev–Trinajstić information content (AvgIpc) is 2.73. The van der Waals surface area contributed by atoms with Crippen LogP contribution >= 0.6 is 15.9 Å². The van der Waals surface area contributed by atoms with E-state index in [1.807, 2.05) is 13.8 Å². The lowest BCUT2D eigenvalue weighted by molar-refractivity contribution is -0.122. The summed E-state index contributed by atoms with van der Waals surface area (Å²) >= 11 is 3.40. The molecule has 3 rings (SSSR count). The highest BCUT2D eigenvalue weighted by molar-refractivity contribution is 9.10. The van der Waals surface area contributed by atoms with E-state index >= 15 is 0 Å².